The van der Waals surface area contributed by atoms with Gasteiger partial charge in [-0.1, -0.05) is 17.7 Å². The van der Waals surface area contributed by atoms with Crippen LogP contribution in [0.15, 0.2) is 48.8 Å². The second-order valence-corrected chi connectivity index (χ2v) is 4.84. The van der Waals surface area contributed by atoms with Gasteiger partial charge in [0.2, 0.25) is 0 Å². The number of hydrogen-bond donors (Lipinski definition) is 0. The van der Waals surface area contributed by atoms with Crippen molar-refractivity contribution in [1.29, 1.82) is 0 Å². The summed E-state index contributed by atoms with van der Waals surface area (Å²) in [7, 11) is 1.91. The van der Waals surface area contributed by atoms with Crippen LogP contribution in [-0.2, 0) is 7.05 Å². The largest absolute Gasteiger partial charge is 0.423 e. The van der Waals surface area contributed by atoms with E-state index in [0.717, 1.165) is 11.0 Å². The van der Waals surface area contributed by atoms with Crippen molar-refractivity contribution in [1.82, 2.24) is 9.55 Å². The quantitative estimate of drug-likeness (QED) is 0.535. The molecule has 100 valence electrons. The highest BCUT2D eigenvalue weighted by Crippen LogP contribution is 2.20. The van der Waals surface area contributed by atoms with Gasteiger partial charge in [0.25, 0.3) is 0 Å². The minimum absolute atomic E-state index is 0.415. The lowest BCUT2D eigenvalue weighted by atomic mass is 10.2. The fraction of sp³-hybridized carbons (Fsp3) is 0.0667. The Hall–Kier alpha value is -2.33. The first-order chi connectivity index (χ1) is 9.63. The van der Waals surface area contributed by atoms with E-state index < -0.39 is 5.97 Å². The molecule has 0 N–H and O–H groups in total. The van der Waals surface area contributed by atoms with Gasteiger partial charge < -0.3 is 9.30 Å². The Morgan fingerprint density at radius 1 is 1.25 bits per heavy atom. The van der Waals surface area contributed by atoms with Crippen LogP contribution in [-0.4, -0.2) is 15.5 Å². The molecule has 2 aromatic carbocycles. The number of ether oxygens (including phenoxy) is 1. The number of nitrogens with zero attached hydrogens (tertiary/aromatic N) is 2. The van der Waals surface area contributed by atoms with Crippen LogP contribution < -0.4 is 4.74 Å². The predicted octanol–water partition coefficient (Wildman–Crippen LogP) is 3.45. The maximum atomic E-state index is 12.0. The zero-order valence-corrected chi connectivity index (χ0v) is 11.5. The minimum atomic E-state index is -0.442. The third-order valence-electron chi connectivity index (χ3n) is 2.97. The maximum Gasteiger partial charge on any atom is 0.343 e. The van der Waals surface area contributed by atoms with Crippen molar-refractivity contribution in [2.45, 2.75) is 0 Å². The molecule has 1 aromatic heterocycles. The van der Waals surface area contributed by atoms with E-state index in [1.807, 2.05) is 17.7 Å². The molecule has 0 aliphatic carbocycles. The summed E-state index contributed by atoms with van der Waals surface area (Å²) in [6, 6.07) is 12.0. The van der Waals surface area contributed by atoms with Crippen LogP contribution >= 0.6 is 11.6 Å². The topological polar surface area (TPSA) is 44.1 Å². The van der Waals surface area contributed by atoms with Gasteiger partial charge in [0.15, 0.2) is 0 Å². The van der Waals surface area contributed by atoms with E-state index in [9.17, 15) is 4.79 Å². The van der Waals surface area contributed by atoms with Crippen LogP contribution in [0.1, 0.15) is 10.4 Å². The highest BCUT2D eigenvalue weighted by atomic mass is 35.5. The Morgan fingerprint density at radius 2 is 2.10 bits per heavy atom. The Kier molecular flexibility index (Phi) is 3.16. The summed E-state index contributed by atoms with van der Waals surface area (Å²) in [5.74, 6) is 0.0176. The molecule has 0 saturated carbocycles. The summed E-state index contributed by atoms with van der Waals surface area (Å²) >= 11 is 5.85. The lowest BCUT2D eigenvalue weighted by Crippen LogP contribution is -2.08. The van der Waals surface area contributed by atoms with Gasteiger partial charge in [0.05, 0.1) is 22.9 Å². The van der Waals surface area contributed by atoms with Crippen molar-refractivity contribution in [3.63, 3.8) is 0 Å². The lowest BCUT2D eigenvalue weighted by molar-refractivity contribution is 0.0735. The summed E-state index contributed by atoms with van der Waals surface area (Å²) in [5, 5.41) is 0.500. The Morgan fingerprint density at radius 3 is 2.90 bits per heavy atom. The number of rotatable bonds is 2. The average Bonchev–Trinajstić information content (AvgIpc) is 2.80. The summed E-state index contributed by atoms with van der Waals surface area (Å²) < 4.78 is 7.23. The van der Waals surface area contributed by atoms with Crippen LogP contribution in [0.3, 0.4) is 0 Å². The molecular weight excluding hydrogens is 276 g/mol. The third kappa shape index (κ3) is 2.38. The van der Waals surface area contributed by atoms with Crippen LogP contribution in [0, 0.1) is 0 Å². The Bertz CT molecular complexity index is 795. The first-order valence-electron chi connectivity index (χ1n) is 6.02. The fourth-order valence-electron chi connectivity index (χ4n) is 1.96. The number of carbonyl (C=O) groups is 1. The number of esters is 1. The number of benzene rings is 2. The molecule has 0 saturated heterocycles. The molecule has 0 radical (unpaired) electrons. The minimum Gasteiger partial charge on any atom is -0.423 e. The molecule has 0 aliphatic rings. The van der Waals surface area contributed by atoms with Gasteiger partial charge in [-0.15, -0.1) is 0 Å². The van der Waals surface area contributed by atoms with Gasteiger partial charge in [-0.2, -0.15) is 0 Å². The molecule has 0 amide bonds. The van der Waals surface area contributed by atoms with Crippen LogP contribution in [0.25, 0.3) is 11.0 Å². The van der Waals surface area contributed by atoms with Crippen LogP contribution in [0.2, 0.25) is 5.02 Å². The molecule has 0 bridgehead atoms. The van der Waals surface area contributed by atoms with Gasteiger partial charge in [-0.25, -0.2) is 9.78 Å². The summed E-state index contributed by atoms with van der Waals surface area (Å²) in [5.41, 5.74) is 2.18. The molecule has 0 spiro atoms. The highest BCUT2D eigenvalue weighted by Gasteiger charge is 2.10. The van der Waals surface area contributed by atoms with Crippen molar-refractivity contribution < 1.29 is 9.53 Å². The Labute approximate surface area is 120 Å². The Balaban J connectivity index is 1.87. The molecule has 3 rings (SSSR count). The molecule has 0 fully saturated rings. The normalized spacial score (nSPS) is 10.7. The molecule has 0 aliphatic heterocycles. The second-order valence-electron chi connectivity index (χ2n) is 4.41. The second kappa shape index (κ2) is 4.98. The molecule has 4 nitrogen and oxygen atoms in total. The van der Waals surface area contributed by atoms with Crippen molar-refractivity contribution in [2.75, 3.05) is 0 Å². The molecular formula is C15H11ClN2O2. The average molecular weight is 287 g/mol. The van der Waals surface area contributed by atoms with Gasteiger partial charge in [-0.05, 0) is 30.3 Å². The lowest BCUT2D eigenvalue weighted by Gasteiger charge is -2.05. The van der Waals surface area contributed by atoms with Gasteiger partial charge in [0, 0.05) is 18.1 Å². The van der Waals surface area contributed by atoms with Crippen molar-refractivity contribution in [3.8, 4) is 5.75 Å². The number of aromatic nitrogens is 2. The van der Waals surface area contributed by atoms with Crippen molar-refractivity contribution in [3.05, 3.63) is 59.4 Å². The SMILES string of the molecule is Cn1cnc2cc(OC(=O)c3cccc(Cl)c3)ccc21. The predicted molar refractivity (Wildman–Crippen MR) is 77.1 cm³/mol. The van der Waals surface area contributed by atoms with Crippen LogP contribution in [0.4, 0.5) is 0 Å². The highest BCUT2D eigenvalue weighted by molar-refractivity contribution is 6.30. The van der Waals surface area contributed by atoms with E-state index in [1.165, 1.54) is 0 Å². The van der Waals surface area contributed by atoms with E-state index in [-0.39, 0.29) is 0 Å². The molecule has 5 heteroatoms. The summed E-state index contributed by atoms with van der Waals surface area (Å²) in [4.78, 5) is 16.2. The number of aryl methyl sites for hydroxylation is 1. The zero-order valence-electron chi connectivity index (χ0n) is 10.7. The standard InChI is InChI=1S/C15H11ClN2O2/c1-18-9-17-13-8-12(5-6-14(13)18)20-15(19)10-3-2-4-11(16)7-10/h2-9H,1H3. The maximum absolute atomic E-state index is 12.0. The first kappa shape index (κ1) is 12.7. The van der Waals surface area contributed by atoms with Gasteiger partial charge >= 0.3 is 5.97 Å². The number of fused-ring (bicyclic) bond motifs is 1. The fourth-order valence-corrected chi connectivity index (χ4v) is 2.15. The van der Waals surface area contributed by atoms with Crippen molar-refractivity contribution >= 4 is 28.6 Å². The van der Waals surface area contributed by atoms with E-state index in [2.05, 4.69) is 4.98 Å². The smallest absolute Gasteiger partial charge is 0.343 e. The van der Waals surface area contributed by atoms with E-state index in [4.69, 9.17) is 16.3 Å². The molecule has 20 heavy (non-hydrogen) atoms. The molecule has 0 atom stereocenters. The van der Waals surface area contributed by atoms with Gasteiger partial charge in [-0.3, -0.25) is 0 Å². The number of hydrogen-bond acceptors (Lipinski definition) is 3. The molecule has 0 unspecified atom stereocenters. The van der Waals surface area contributed by atoms with Crippen LogP contribution in [0.5, 0.6) is 5.75 Å². The number of halogens is 1. The summed E-state index contributed by atoms with van der Waals surface area (Å²) in [6.45, 7) is 0. The van der Waals surface area contributed by atoms with E-state index >= 15 is 0 Å². The van der Waals surface area contributed by atoms with E-state index in [0.29, 0.717) is 16.3 Å². The molecule has 3 aromatic rings. The monoisotopic (exact) mass is 286 g/mol. The van der Waals surface area contributed by atoms with Gasteiger partial charge in [0.1, 0.15) is 5.75 Å². The zero-order chi connectivity index (χ0) is 14.1. The van der Waals surface area contributed by atoms with Crippen molar-refractivity contribution in [2.24, 2.45) is 7.05 Å². The molecule has 1 heterocycles. The number of imidazole rings is 1. The first-order valence-corrected chi connectivity index (χ1v) is 6.40. The summed E-state index contributed by atoms with van der Waals surface area (Å²) in [6.07, 6.45) is 1.72. The van der Waals surface area contributed by atoms with E-state index in [1.54, 1.807) is 42.7 Å². The number of carbonyl (C=O) groups excluding carboxylic acids is 1. The third-order valence-corrected chi connectivity index (χ3v) is 3.20.